The predicted octanol–water partition coefficient (Wildman–Crippen LogP) is 5.77. The van der Waals surface area contributed by atoms with Gasteiger partial charge >= 0.3 is 0 Å². The molecule has 0 N–H and O–H groups in total. The molecular formula is C16H10Cl3NO. The maximum Gasteiger partial charge on any atom is 0.133 e. The zero-order chi connectivity index (χ0) is 14.8. The number of fused-ring (bicyclic) bond motifs is 1. The van der Waals surface area contributed by atoms with Gasteiger partial charge in [0.05, 0.1) is 5.52 Å². The Balaban J connectivity index is 1.91. The van der Waals surface area contributed by atoms with Crippen LogP contribution in [0.1, 0.15) is 5.56 Å². The summed E-state index contributed by atoms with van der Waals surface area (Å²) in [6, 6.07) is 14.7. The molecule has 3 rings (SSSR count). The van der Waals surface area contributed by atoms with E-state index in [1.165, 1.54) is 0 Å². The van der Waals surface area contributed by atoms with Crippen molar-refractivity contribution in [3.63, 3.8) is 0 Å². The fourth-order valence-corrected chi connectivity index (χ4v) is 2.68. The molecule has 0 aliphatic heterocycles. The molecule has 2 aromatic carbocycles. The van der Waals surface area contributed by atoms with E-state index in [1.807, 2.05) is 30.3 Å². The molecule has 106 valence electrons. The first-order chi connectivity index (χ1) is 10.1. The monoisotopic (exact) mass is 337 g/mol. The standard InChI is InChI=1S/C16H10Cl3NO/c17-11-6-5-10(13(18)7-11)9-21-15-8-16(19)20-14-4-2-1-3-12(14)15/h1-8H,9H2. The maximum absolute atomic E-state index is 6.14. The smallest absolute Gasteiger partial charge is 0.133 e. The molecule has 0 saturated carbocycles. The van der Waals surface area contributed by atoms with E-state index < -0.39 is 0 Å². The second-order valence-corrected chi connectivity index (χ2v) is 5.72. The van der Waals surface area contributed by atoms with Crippen molar-refractivity contribution in [2.24, 2.45) is 0 Å². The van der Waals surface area contributed by atoms with Crippen molar-refractivity contribution in [3.05, 3.63) is 69.3 Å². The summed E-state index contributed by atoms with van der Waals surface area (Å²) in [6.45, 7) is 0.334. The van der Waals surface area contributed by atoms with Crippen LogP contribution in [-0.4, -0.2) is 4.98 Å². The van der Waals surface area contributed by atoms with Crippen LogP contribution in [0.25, 0.3) is 10.9 Å². The number of aromatic nitrogens is 1. The lowest BCUT2D eigenvalue weighted by Gasteiger charge is -2.11. The molecule has 3 aromatic rings. The Morgan fingerprint density at radius 3 is 2.57 bits per heavy atom. The number of halogens is 3. The lowest BCUT2D eigenvalue weighted by molar-refractivity contribution is 0.310. The van der Waals surface area contributed by atoms with Gasteiger partial charge in [0, 0.05) is 27.1 Å². The first-order valence-corrected chi connectivity index (χ1v) is 7.39. The first-order valence-electron chi connectivity index (χ1n) is 6.25. The Morgan fingerprint density at radius 1 is 0.952 bits per heavy atom. The van der Waals surface area contributed by atoms with E-state index >= 15 is 0 Å². The largest absolute Gasteiger partial charge is 0.488 e. The number of hydrogen-bond acceptors (Lipinski definition) is 2. The maximum atomic E-state index is 6.14. The molecule has 2 nitrogen and oxygen atoms in total. The summed E-state index contributed by atoms with van der Waals surface area (Å²) in [7, 11) is 0. The number of ether oxygens (including phenoxy) is 1. The molecule has 5 heteroatoms. The highest BCUT2D eigenvalue weighted by Crippen LogP contribution is 2.29. The zero-order valence-corrected chi connectivity index (χ0v) is 13.1. The summed E-state index contributed by atoms with van der Waals surface area (Å²) in [5.74, 6) is 0.677. The number of para-hydroxylation sites is 1. The van der Waals surface area contributed by atoms with E-state index in [4.69, 9.17) is 39.5 Å². The van der Waals surface area contributed by atoms with Gasteiger partial charge in [-0.3, -0.25) is 0 Å². The van der Waals surface area contributed by atoms with Crippen molar-refractivity contribution in [3.8, 4) is 5.75 Å². The highest BCUT2D eigenvalue weighted by Gasteiger charge is 2.07. The SMILES string of the molecule is Clc1ccc(COc2cc(Cl)nc3ccccc23)c(Cl)c1. The fraction of sp³-hybridized carbons (Fsp3) is 0.0625. The Hall–Kier alpha value is -1.48. The molecule has 0 fully saturated rings. The minimum atomic E-state index is 0.334. The highest BCUT2D eigenvalue weighted by molar-refractivity contribution is 6.35. The number of rotatable bonds is 3. The minimum absolute atomic E-state index is 0.334. The van der Waals surface area contributed by atoms with Crippen molar-refractivity contribution < 1.29 is 4.74 Å². The lowest BCUT2D eigenvalue weighted by Crippen LogP contribution is -1.97. The summed E-state index contributed by atoms with van der Waals surface area (Å²) in [6.07, 6.45) is 0. The molecule has 1 heterocycles. The zero-order valence-electron chi connectivity index (χ0n) is 10.8. The molecule has 0 saturated heterocycles. The molecule has 0 unspecified atom stereocenters. The van der Waals surface area contributed by atoms with Crippen LogP contribution >= 0.6 is 34.8 Å². The third-order valence-electron chi connectivity index (χ3n) is 3.05. The van der Waals surface area contributed by atoms with Crippen LogP contribution in [0.4, 0.5) is 0 Å². The molecule has 0 atom stereocenters. The summed E-state index contributed by atoms with van der Waals surface area (Å²) in [5.41, 5.74) is 1.65. The minimum Gasteiger partial charge on any atom is -0.488 e. The van der Waals surface area contributed by atoms with Gasteiger partial charge in [-0.1, -0.05) is 53.0 Å². The van der Waals surface area contributed by atoms with Crippen LogP contribution in [0.3, 0.4) is 0 Å². The van der Waals surface area contributed by atoms with E-state index in [2.05, 4.69) is 4.98 Å². The van der Waals surface area contributed by atoms with E-state index in [0.29, 0.717) is 27.6 Å². The van der Waals surface area contributed by atoms with E-state index in [9.17, 15) is 0 Å². The number of benzene rings is 2. The van der Waals surface area contributed by atoms with Crippen LogP contribution < -0.4 is 4.74 Å². The third kappa shape index (κ3) is 3.24. The summed E-state index contributed by atoms with van der Waals surface area (Å²) < 4.78 is 5.85. The summed E-state index contributed by atoms with van der Waals surface area (Å²) in [4.78, 5) is 4.26. The molecule has 0 radical (unpaired) electrons. The van der Waals surface area contributed by atoms with Crippen LogP contribution in [0.5, 0.6) is 5.75 Å². The second-order valence-electron chi connectivity index (χ2n) is 4.48. The van der Waals surface area contributed by atoms with Gasteiger partial charge in [-0.2, -0.15) is 0 Å². The van der Waals surface area contributed by atoms with Gasteiger partial charge in [-0.25, -0.2) is 4.98 Å². The molecular weight excluding hydrogens is 329 g/mol. The van der Waals surface area contributed by atoms with Gasteiger partial charge in [0.2, 0.25) is 0 Å². The molecule has 0 amide bonds. The molecule has 21 heavy (non-hydrogen) atoms. The van der Waals surface area contributed by atoms with Crippen LogP contribution in [0.2, 0.25) is 15.2 Å². The third-order valence-corrected chi connectivity index (χ3v) is 3.83. The van der Waals surface area contributed by atoms with Crippen molar-refractivity contribution >= 4 is 45.7 Å². The molecule has 0 aliphatic carbocycles. The Bertz CT molecular complexity index is 805. The van der Waals surface area contributed by atoms with Crippen molar-refractivity contribution in [2.45, 2.75) is 6.61 Å². The molecule has 1 aromatic heterocycles. The Labute approximate surface area is 137 Å². The average molecular weight is 339 g/mol. The van der Waals surface area contributed by atoms with Gasteiger partial charge in [0.1, 0.15) is 17.5 Å². The van der Waals surface area contributed by atoms with E-state index in [0.717, 1.165) is 16.5 Å². The average Bonchev–Trinajstić information content (AvgIpc) is 2.46. The Morgan fingerprint density at radius 2 is 1.76 bits per heavy atom. The van der Waals surface area contributed by atoms with Crippen molar-refractivity contribution in [2.75, 3.05) is 0 Å². The van der Waals surface area contributed by atoms with Gasteiger partial charge < -0.3 is 4.74 Å². The van der Waals surface area contributed by atoms with E-state index in [-0.39, 0.29) is 0 Å². The summed E-state index contributed by atoms with van der Waals surface area (Å²) in [5, 5.41) is 2.48. The van der Waals surface area contributed by atoms with Gasteiger partial charge in [0.25, 0.3) is 0 Å². The van der Waals surface area contributed by atoms with Crippen molar-refractivity contribution in [1.29, 1.82) is 0 Å². The molecule has 0 spiro atoms. The van der Waals surface area contributed by atoms with Crippen molar-refractivity contribution in [1.82, 2.24) is 4.98 Å². The van der Waals surface area contributed by atoms with Crippen LogP contribution in [-0.2, 0) is 6.61 Å². The van der Waals surface area contributed by atoms with E-state index in [1.54, 1.807) is 18.2 Å². The second kappa shape index (κ2) is 6.10. The normalized spacial score (nSPS) is 10.8. The van der Waals surface area contributed by atoms with Crippen LogP contribution in [0, 0.1) is 0 Å². The number of nitrogens with zero attached hydrogens (tertiary/aromatic N) is 1. The highest BCUT2D eigenvalue weighted by atomic mass is 35.5. The molecule has 0 aliphatic rings. The topological polar surface area (TPSA) is 22.1 Å². The quantitative estimate of drug-likeness (QED) is 0.565. The first kappa shape index (κ1) is 14.5. The van der Waals surface area contributed by atoms with Gasteiger partial charge in [0.15, 0.2) is 0 Å². The van der Waals surface area contributed by atoms with Crippen LogP contribution in [0.15, 0.2) is 48.5 Å². The lowest BCUT2D eigenvalue weighted by atomic mass is 10.2. The number of pyridine rings is 1. The predicted molar refractivity (Wildman–Crippen MR) is 87.5 cm³/mol. The fourth-order valence-electron chi connectivity index (χ4n) is 2.03. The number of hydrogen-bond donors (Lipinski definition) is 0. The van der Waals surface area contributed by atoms with Gasteiger partial charge in [-0.15, -0.1) is 0 Å². The molecule has 0 bridgehead atoms. The Kier molecular flexibility index (Phi) is 4.20. The summed E-state index contributed by atoms with van der Waals surface area (Å²) >= 11 is 18.0. The van der Waals surface area contributed by atoms with Gasteiger partial charge in [-0.05, 0) is 24.3 Å².